The number of rotatable bonds is 4. The minimum Gasteiger partial charge on any atom is -0.478 e. The first-order valence-electron chi connectivity index (χ1n) is 5.66. The molecule has 20 heavy (non-hydrogen) atoms. The largest absolute Gasteiger partial charge is 0.478 e. The van der Waals surface area contributed by atoms with Gasteiger partial charge in [0.15, 0.2) is 0 Å². The van der Waals surface area contributed by atoms with Crippen LogP contribution in [-0.4, -0.2) is 58.2 Å². The number of carboxylic acid groups (broad SMARTS) is 1. The number of ether oxygens (including phenoxy) is 1. The monoisotopic (exact) mass is 292 g/mol. The van der Waals surface area contributed by atoms with Crippen molar-refractivity contribution in [2.24, 2.45) is 5.41 Å². The molecule has 0 saturated carbocycles. The average molecular weight is 292 g/mol. The summed E-state index contributed by atoms with van der Waals surface area (Å²) in [6.45, 7) is 4.02. The molecule has 1 heterocycles. The van der Waals surface area contributed by atoms with Crippen molar-refractivity contribution >= 4 is 17.9 Å². The average Bonchev–Trinajstić information content (AvgIpc) is 2.82. The lowest BCUT2D eigenvalue weighted by atomic mass is 9.95. The van der Waals surface area contributed by atoms with Gasteiger partial charge in [-0.15, -0.1) is 0 Å². The normalized spacial score (nSPS) is 13.4. The number of esters is 2. The van der Waals surface area contributed by atoms with E-state index in [-0.39, 0.29) is 32.7 Å². The molecule has 1 fully saturated rings. The summed E-state index contributed by atoms with van der Waals surface area (Å²) in [7, 11) is 0. The second-order valence-electron chi connectivity index (χ2n) is 4.17. The van der Waals surface area contributed by atoms with Crippen molar-refractivity contribution in [3.8, 4) is 0 Å². The topological polar surface area (TPSA) is 141 Å². The summed E-state index contributed by atoms with van der Waals surface area (Å²) >= 11 is 0. The van der Waals surface area contributed by atoms with Crippen LogP contribution in [-0.2, 0) is 19.1 Å². The molecule has 0 atom stereocenters. The number of aliphatic hydroxyl groups excluding tert-OH is 3. The fourth-order valence-electron chi connectivity index (χ4n) is 0.583. The standard InChI is InChI=1S/C5H12O3.C4H4O3.C3H4O2/c1-5(2-6,3-7)4-8;5-3-1-2-4(6)7-3;1-2-3(4)5/h6-8H,2-4H2,1H3;1-2H2;2H,1H2,(H,4,5). The van der Waals surface area contributed by atoms with Gasteiger partial charge in [-0.25, -0.2) is 4.79 Å². The molecular weight excluding hydrogens is 272 g/mol. The molecule has 0 unspecified atom stereocenters. The van der Waals surface area contributed by atoms with E-state index < -0.39 is 23.3 Å². The Labute approximate surface area is 116 Å². The lowest BCUT2D eigenvalue weighted by Gasteiger charge is -2.20. The zero-order chi connectivity index (χ0) is 16.2. The number of cyclic esters (lactones) is 2. The number of carbonyl (C=O) groups excluding carboxylic acids is 2. The van der Waals surface area contributed by atoms with Crippen LogP contribution >= 0.6 is 0 Å². The van der Waals surface area contributed by atoms with Crippen molar-refractivity contribution < 1.29 is 39.5 Å². The molecule has 116 valence electrons. The number of carboxylic acids is 1. The fourth-order valence-corrected chi connectivity index (χ4v) is 0.583. The van der Waals surface area contributed by atoms with Crippen molar-refractivity contribution in [1.29, 1.82) is 0 Å². The number of hydrogen-bond donors (Lipinski definition) is 4. The fraction of sp³-hybridized carbons (Fsp3) is 0.583. The van der Waals surface area contributed by atoms with Crippen LogP contribution in [0.25, 0.3) is 0 Å². The molecule has 0 aromatic heterocycles. The Morgan fingerprint density at radius 2 is 1.50 bits per heavy atom. The van der Waals surface area contributed by atoms with Gasteiger partial charge in [0.05, 0.1) is 32.7 Å². The molecule has 1 aliphatic rings. The van der Waals surface area contributed by atoms with Gasteiger partial charge in [0.25, 0.3) is 0 Å². The maximum Gasteiger partial charge on any atom is 0.327 e. The lowest BCUT2D eigenvalue weighted by molar-refractivity contribution is -0.152. The third-order valence-corrected chi connectivity index (χ3v) is 2.08. The molecule has 0 amide bonds. The third-order valence-electron chi connectivity index (χ3n) is 2.08. The van der Waals surface area contributed by atoms with E-state index in [0.29, 0.717) is 0 Å². The number of aliphatic hydroxyl groups is 3. The molecule has 1 aliphatic heterocycles. The second-order valence-corrected chi connectivity index (χ2v) is 4.17. The quantitative estimate of drug-likeness (QED) is 0.296. The predicted octanol–water partition coefficient (Wildman–Crippen LogP) is -0.923. The highest BCUT2D eigenvalue weighted by molar-refractivity contribution is 5.92. The van der Waals surface area contributed by atoms with Gasteiger partial charge < -0.3 is 25.2 Å². The third kappa shape index (κ3) is 11.3. The van der Waals surface area contributed by atoms with E-state index in [4.69, 9.17) is 20.4 Å². The summed E-state index contributed by atoms with van der Waals surface area (Å²) in [4.78, 5) is 29.3. The lowest BCUT2D eigenvalue weighted by Crippen LogP contribution is -2.29. The van der Waals surface area contributed by atoms with Crippen LogP contribution in [0, 0.1) is 5.41 Å². The van der Waals surface area contributed by atoms with Gasteiger partial charge in [-0.05, 0) is 0 Å². The van der Waals surface area contributed by atoms with Crippen molar-refractivity contribution in [1.82, 2.24) is 0 Å². The Morgan fingerprint density at radius 3 is 1.55 bits per heavy atom. The highest BCUT2D eigenvalue weighted by Crippen LogP contribution is 2.10. The van der Waals surface area contributed by atoms with E-state index in [1.54, 1.807) is 6.92 Å². The van der Waals surface area contributed by atoms with Crippen LogP contribution in [0.5, 0.6) is 0 Å². The van der Waals surface area contributed by atoms with E-state index in [1.807, 2.05) is 0 Å². The highest BCUT2D eigenvalue weighted by Gasteiger charge is 2.20. The number of carbonyl (C=O) groups is 3. The van der Waals surface area contributed by atoms with Gasteiger partial charge in [0.1, 0.15) is 0 Å². The predicted molar refractivity (Wildman–Crippen MR) is 67.5 cm³/mol. The van der Waals surface area contributed by atoms with E-state index in [0.717, 1.165) is 6.08 Å². The van der Waals surface area contributed by atoms with Crippen LogP contribution in [0.15, 0.2) is 12.7 Å². The zero-order valence-corrected chi connectivity index (χ0v) is 11.2. The molecule has 0 radical (unpaired) electrons. The zero-order valence-electron chi connectivity index (χ0n) is 11.2. The Hall–Kier alpha value is -1.77. The minimum atomic E-state index is -0.981. The molecule has 0 aromatic carbocycles. The molecule has 0 aromatic rings. The van der Waals surface area contributed by atoms with E-state index >= 15 is 0 Å². The van der Waals surface area contributed by atoms with Crippen LogP contribution in [0.1, 0.15) is 19.8 Å². The van der Waals surface area contributed by atoms with E-state index in [9.17, 15) is 14.4 Å². The van der Waals surface area contributed by atoms with Gasteiger partial charge in [0.2, 0.25) is 0 Å². The Bertz CT molecular complexity index is 310. The number of hydrogen-bond acceptors (Lipinski definition) is 7. The van der Waals surface area contributed by atoms with Crippen molar-refractivity contribution in [2.45, 2.75) is 19.8 Å². The maximum atomic E-state index is 10.0. The van der Waals surface area contributed by atoms with Crippen molar-refractivity contribution in [3.63, 3.8) is 0 Å². The van der Waals surface area contributed by atoms with E-state index in [1.165, 1.54) is 0 Å². The molecule has 0 aliphatic carbocycles. The molecule has 0 bridgehead atoms. The highest BCUT2D eigenvalue weighted by atomic mass is 16.6. The van der Waals surface area contributed by atoms with Gasteiger partial charge in [0, 0.05) is 11.5 Å². The van der Waals surface area contributed by atoms with Crippen LogP contribution in [0.3, 0.4) is 0 Å². The molecule has 8 nitrogen and oxygen atoms in total. The Kier molecular flexibility index (Phi) is 11.4. The van der Waals surface area contributed by atoms with Gasteiger partial charge in [-0.1, -0.05) is 13.5 Å². The second kappa shape index (κ2) is 11.1. The minimum absolute atomic E-state index is 0.181. The van der Waals surface area contributed by atoms with Crippen LogP contribution in [0.2, 0.25) is 0 Å². The summed E-state index contributed by atoms with van der Waals surface area (Å²) in [6.07, 6.45) is 1.36. The van der Waals surface area contributed by atoms with Crippen LogP contribution < -0.4 is 0 Å². The van der Waals surface area contributed by atoms with Gasteiger partial charge in [-0.2, -0.15) is 0 Å². The summed E-state index contributed by atoms with van der Waals surface area (Å²) in [5.41, 5.74) is -0.708. The molecular formula is C12H20O8. The van der Waals surface area contributed by atoms with Gasteiger partial charge >= 0.3 is 17.9 Å². The Morgan fingerprint density at radius 1 is 1.20 bits per heavy atom. The SMILES string of the molecule is C=CC(=O)O.CC(CO)(CO)CO.O=C1CCC(=O)O1. The summed E-state index contributed by atoms with van der Waals surface area (Å²) in [5.74, 6) is -1.78. The van der Waals surface area contributed by atoms with Gasteiger partial charge in [-0.3, -0.25) is 9.59 Å². The van der Waals surface area contributed by atoms with Crippen molar-refractivity contribution in [3.05, 3.63) is 12.7 Å². The van der Waals surface area contributed by atoms with Crippen molar-refractivity contribution in [2.75, 3.05) is 19.8 Å². The van der Waals surface area contributed by atoms with E-state index in [2.05, 4.69) is 11.3 Å². The Balaban J connectivity index is 0. The molecule has 4 N–H and O–H groups in total. The first kappa shape index (κ1) is 20.5. The smallest absolute Gasteiger partial charge is 0.327 e. The summed E-state index contributed by atoms with van der Waals surface area (Å²) in [5, 5.41) is 33.0. The first-order chi connectivity index (χ1) is 9.24. The molecule has 1 rings (SSSR count). The first-order valence-corrected chi connectivity index (χ1v) is 5.66. The summed E-state index contributed by atoms with van der Waals surface area (Å²) < 4.78 is 4.08. The molecule has 0 spiro atoms. The van der Waals surface area contributed by atoms with Crippen LogP contribution in [0.4, 0.5) is 0 Å². The molecule has 1 saturated heterocycles. The number of aliphatic carboxylic acids is 1. The molecule has 8 heteroatoms. The maximum absolute atomic E-state index is 10.0. The summed E-state index contributed by atoms with van der Waals surface area (Å²) in [6, 6.07) is 0.